The average molecular weight is 535 g/mol. The van der Waals surface area contributed by atoms with E-state index in [-0.39, 0.29) is 22.5 Å². The van der Waals surface area contributed by atoms with Gasteiger partial charge in [0.05, 0.1) is 31.0 Å². The number of oxime groups is 1. The molecular weight excluding hydrogens is 508 g/mol. The minimum Gasteiger partial charge on any atom is -0.481 e. The molecule has 1 aliphatic rings. The van der Waals surface area contributed by atoms with Crippen LogP contribution in [0.2, 0.25) is 0 Å². The molecule has 1 aromatic carbocycles. The van der Waals surface area contributed by atoms with E-state index in [2.05, 4.69) is 20.4 Å². The maximum absolute atomic E-state index is 13.2. The van der Waals surface area contributed by atoms with Gasteiger partial charge in [0.2, 0.25) is 5.88 Å². The number of fused-ring (bicyclic) bond motifs is 1. The highest BCUT2D eigenvalue weighted by Gasteiger charge is 2.22. The molecule has 0 aliphatic carbocycles. The quantitative estimate of drug-likeness (QED) is 0.223. The Morgan fingerprint density at radius 2 is 2.00 bits per heavy atom. The lowest BCUT2D eigenvalue weighted by atomic mass is 10.1. The van der Waals surface area contributed by atoms with Gasteiger partial charge < -0.3 is 19.0 Å². The van der Waals surface area contributed by atoms with Crippen molar-refractivity contribution in [3.05, 3.63) is 42.0 Å². The van der Waals surface area contributed by atoms with Gasteiger partial charge in [-0.3, -0.25) is 10.1 Å². The van der Waals surface area contributed by atoms with Crippen LogP contribution < -0.4 is 10.1 Å². The number of amides is 1. The number of nitrogens with zero attached hydrogens (tertiary/aromatic N) is 3. The SMILES string of the molecule is COCCCS(=O)(=O)c1ccc(/C(=N\O[C@@H]2CCOC2)C(=O)Nc2nc3ccc(OC)nc3s2)cc1. The molecule has 13 heteroatoms. The summed E-state index contributed by atoms with van der Waals surface area (Å²) in [5.74, 6) is -0.158. The number of carbonyl (C=O) groups is 1. The third-order valence-corrected chi connectivity index (χ3v) is 8.00. The van der Waals surface area contributed by atoms with Gasteiger partial charge in [-0.25, -0.2) is 18.4 Å². The van der Waals surface area contributed by atoms with E-state index in [9.17, 15) is 13.2 Å². The molecule has 1 fully saturated rings. The molecule has 4 rings (SSSR count). The van der Waals surface area contributed by atoms with Gasteiger partial charge in [0.25, 0.3) is 5.91 Å². The lowest BCUT2D eigenvalue weighted by Crippen LogP contribution is -2.25. The Bertz CT molecular complexity index is 1330. The molecule has 3 aromatic rings. The number of ether oxygens (including phenoxy) is 3. The molecule has 3 heterocycles. The second kappa shape index (κ2) is 11.7. The lowest BCUT2D eigenvalue weighted by Gasteiger charge is -2.10. The normalized spacial score (nSPS) is 16.3. The Kier molecular flexibility index (Phi) is 8.46. The van der Waals surface area contributed by atoms with Crippen LogP contribution in [-0.2, 0) is 28.9 Å². The van der Waals surface area contributed by atoms with Gasteiger partial charge in [-0.15, -0.1) is 0 Å². The van der Waals surface area contributed by atoms with Crippen molar-refractivity contribution in [2.75, 3.05) is 45.1 Å². The van der Waals surface area contributed by atoms with Crippen LogP contribution in [0.3, 0.4) is 0 Å². The fourth-order valence-corrected chi connectivity index (χ4v) is 5.51. The molecule has 1 N–H and O–H groups in total. The summed E-state index contributed by atoms with van der Waals surface area (Å²) < 4.78 is 40.5. The molecule has 36 heavy (non-hydrogen) atoms. The van der Waals surface area contributed by atoms with Gasteiger partial charge in [-0.05, 0) is 24.6 Å². The molecule has 1 atom stereocenters. The highest BCUT2D eigenvalue weighted by molar-refractivity contribution is 7.91. The van der Waals surface area contributed by atoms with Crippen LogP contribution in [0.5, 0.6) is 5.88 Å². The molecule has 11 nitrogen and oxygen atoms in total. The number of carbonyl (C=O) groups excluding carboxylic acids is 1. The molecule has 1 saturated heterocycles. The largest absolute Gasteiger partial charge is 0.481 e. The van der Waals surface area contributed by atoms with Gasteiger partial charge in [0.15, 0.2) is 26.8 Å². The van der Waals surface area contributed by atoms with Crippen molar-refractivity contribution in [1.82, 2.24) is 9.97 Å². The van der Waals surface area contributed by atoms with Crippen molar-refractivity contribution in [3.8, 4) is 5.88 Å². The highest BCUT2D eigenvalue weighted by atomic mass is 32.2. The highest BCUT2D eigenvalue weighted by Crippen LogP contribution is 2.26. The lowest BCUT2D eigenvalue weighted by molar-refractivity contribution is -0.110. The van der Waals surface area contributed by atoms with E-state index in [0.29, 0.717) is 59.6 Å². The van der Waals surface area contributed by atoms with Crippen molar-refractivity contribution in [2.24, 2.45) is 5.16 Å². The van der Waals surface area contributed by atoms with Crippen LogP contribution in [-0.4, -0.2) is 75.9 Å². The number of hydrogen-bond donors (Lipinski definition) is 1. The van der Waals surface area contributed by atoms with Crippen molar-refractivity contribution < 1.29 is 32.3 Å². The first-order valence-electron chi connectivity index (χ1n) is 11.2. The van der Waals surface area contributed by atoms with Crippen LogP contribution in [0, 0.1) is 0 Å². The zero-order valence-corrected chi connectivity index (χ0v) is 21.4. The predicted octanol–water partition coefficient (Wildman–Crippen LogP) is 2.66. The number of benzene rings is 1. The van der Waals surface area contributed by atoms with E-state index in [1.165, 1.54) is 49.8 Å². The molecule has 0 spiro atoms. The summed E-state index contributed by atoms with van der Waals surface area (Å²) in [5.41, 5.74) is 0.982. The fourth-order valence-electron chi connectivity index (χ4n) is 3.40. The second-order valence-electron chi connectivity index (χ2n) is 7.87. The Balaban J connectivity index is 1.56. The summed E-state index contributed by atoms with van der Waals surface area (Å²) in [6, 6.07) is 9.39. The summed E-state index contributed by atoms with van der Waals surface area (Å²) in [7, 11) is -0.441. The van der Waals surface area contributed by atoms with Crippen molar-refractivity contribution >= 4 is 48.3 Å². The van der Waals surface area contributed by atoms with Crippen molar-refractivity contribution in [3.63, 3.8) is 0 Å². The van der Waals surface area contributed by atoms with Crippen LogP contribution in [0.1, 0.15) is 18.4 Å². The number of pyridine rings is 1. The molecule has 0 bridgehead atoms. The van der Waals surface area contributed by atoms with Gasteiger partial charge in [-0.2, -0.15) is 0 Å². The molecule has 1 aliphatic heterocycles. The minimum absolute atomic E-state index is 0.0185. The minimum atomic E-state index is -3.48. The smallest absolute Gasteiger partial charge is 0.280 e. The number of aromatic nitrogens is 2. The summed E-state index contributed by atoms with van der Waals surface area (Å²) in [6.45, 7) is 1.28. The zero-order chi connectivity index (χ0) is 25.5. The maximum atomic E-state index is 13.2. The molecule has 192 valence electrons. The molecule has 1 amide bonds. The topological polar surface area (TPSA) is 138 Å². The predicted molar refractivity (Wildman–Crippen MR) is 134 cm³/mol. The Morgan fingerprint density at radius 1 is 1.19 bits per heavy atom. The van der Waals surface area contributed by atoms with Crippen LogP contribution in [0.15, 0.2) is 46.4 Å². The number of thiazole rings is 1. The van der Waals surface area contributed by atoms with Crippen molar-refractivity contribution in [1.29, 1.82) is 0 Å². The Labute approximate surface area is 212 Å². The molecule has 0 saturated carbocycles. The summed E-state index contributed by atoms with van der Waals surface area (Å²) in [5, 5.41) is 7.17. The molecule has 2 aromatic heterocycles. The maximum Gasteiger partial charge on any atom is 0.280 e. The van der Waals surface area contributed by atoms with E-state index in [1.807, 2.05) is 0 Å². The van der Waals surface area contributed by atoms with Crippen LogP contribution in [0.4, 0.5) is 5.13 Å². The fraction of sp³-hybridized carbons (Fsp3) is 0.391. The third-order valence-electron chi connectivity index (χ3n) is 5.30. The molecular formula is C23H26N4O7S2. The zero-order valence-electron chi connectivity index (χ0n) is 19.8. The average Bonchev–Trinajstić information content (AvgIpc) is 3.53. The number of hydrogen-bond acceptors (Lipinski definition) is 11. The Morgan fingerprint density at radius 3 is 2.69 bits per heavy atom. The van der Waals surface area contributed by atoms with Gasteiger partial charge in [0.1, 0.15) is 10.3 Å². The number of methoxy groups -OCH3 is 2. The van der Waals surface area contributed by atoms with E-state index in [1.54, 1.807) is 12.1 Å². The van der Waals surface area contributed by atoms with E-state index in [4.69, 9.17) is 19.0 Å². The summed E-state index contributed by atoms with van der Waals surface area (Å²) in [6.07, 6.45) is 0.769. The van der Waals surface area contributed by atoms with Gasteiger partial charge in [-0.1, -0.05) is 28.6 Å². The summed E-state index contributed by atoms with van der Waals surface area (Å²) >= 11 is 1.19. The standard InChI is InChI=1S/C23H26N4O7S2/c1-31-11-3-13-36(29,30)17-6-4-15(5-7-17)20(27-34-16-10-12-33-14-16)21(28)26-23-24-18-8-9-19(32-2)25-22(18)35-23/h4-9,16H,3,10-14H2,1-2H3,(H,24,26,28)/b27-20+/t16-/m1/s1. The molecule has 0 radical (unpaired) electrons. The van der Waals surface area contributed by atoms with E-state index >= 15 is 0 Å². The second-order valence-corrected chi connectivity index (χ2v) is 11.0. The Hall–Kier alpha value is -3.13. The van der Waals surface area contributed by atoms with E-state index < -0.39 is 15.7 Å². The number of nitrogens with one attached hydrogen (secondary N) is 1. The first-order chi connectivity index (χ1) is 17.4. The number of anilines is 1. The third kappa shape index (κ3) is 6.35. The first-order valence-corrected chi connectivity index (χ1v) is 13.6. The van der Waals surface area contributed by atoms with Gasteiger partial charge in [0, 0.05) is 31.8 Å². The number of rotatable bonds is 11. The van der Waals surface area contributed by atoms with Crippen molar-refractivity contribution in [2.45, 2.75) is 23.8 Å². The number of sulfone groups is 1. The first kappa shape index (κ1) is 25.9. The van der Waals surface area contributed by atoms with E-state index in [0.717, 1.165) is 0 Å². The monoisotopic (exact) mass is 534 g/mol. The van der Waals surface area contributed by atoms with Gasteiger partial charge >= 0.3 is 0 Å². The van der Waals surface area contributed by atoms with Crippen LogP contribution >= 0.6 is 11.3 Å². The summed E-state index contributed by atoms with van der Waals surface area (Å²) in [4.78, 5) is 28.2. The van der Waals surface area contributed by atoms with Crippen LogP contribution in [0.25, 0.3) is 10.3 Å². The molecule has 0 unspecified atom stereocenters.